The zero-order valence-electron chi connectivity index (χ0n) is 2.46. The van der Waals surface area contributed by atoms with E-state index in [1.165, 1.54) is 0 Å². The summed E-state index contributed by atoms with van der Waals surface area (Å²) in [5.41, 5.74) is 0. The molecule has 1 heterocycles. The van der Waals surface area contributed by atoms with Crippen LogP contribution in [0.2, 0.25) is 0 Å². The number of rotatable bonds is 0. The van der Waals surface area contributed by atoms with Gasteiger partial charge >= 0.3 is 35.7 Å². The molecule has 0 radical (unpaired) electrons. The van der Waals surface area contributed by atoms with Crippen LogP contribution in [0.15, 0.2) is 5.16 Å². The molecule has 3 heteroatoms. The van der Waals surface area contributed by atoms with E-state index < -0.39 is 0 Å². The Bertz CT molecular complexity index is 67.7. The summed E-state index contributed by atoms with van der Waals surface area (Å²) in [6.45, 7) is 0. The van der Waals surface area contributed by atoms with Crippen LogP contribution < -0.4 is 0 Å². The molecule has 26 valence electrons. The van der Waals surface area contributed by atoms with Gasteiger partial charge in [-0.1, -0.05) is 0 Å². The van der Waals surface area contributed by atoms with Gasteiger partial charge in [0.15, 0.2) is 0 Å². The van der Waals surface area contributed by atoms with Gasteiger partial charge in [-0.3, -0.25) is 0 Å². The Hall–Kier alpha value is -0.102. The Labute approximate surface area is 36.4 Å². The number of hydrogen-bond acceptors (Lipinski definition) is 2. The monoisotopic (exact) mass is 131 g/mol. The summed E-state index contributed by atoms with van der Waals surface area (Å²) in [5.74, 6) is 0. The second kappa shape index (κ2) is 1.36. The summed E-state index contributed by atoms with van der Waals surface area (Å²) in [7, 11) is 0. The van der Waals surface area contributed by atoms with E-state index >= 15 is 0 Å². The molecule has 2 nitrogen and oxygen atoms in total. The first-order valence-electron chi connectivity index (χ1n) is 1.21. The van der Waals surface area contributed by atoms with Gasteiger partial charge in [0.2, 0.25) is 0 Å². The molecule has 0 N–H and O–H groups in total. The maximum atomic E-state index is 4.55. The van der Waals surface area contributed by atoms with Crippen LogP contribution in [-0.4, -0.2) is 26.7 Å². The molecule has 0 aliphatic carbocycles. The quantitative estimate of drug-likeness (QED) is 0.403. The van der Waals surface area contributed by atoms with Crippen molar-refractivity contribution in [1.82, 2.24) is 0 Å². The summed E-state index contributed by atoms with van der Waals surface area (Å²) in [4.78, 5) is 1.94. The molecule has 0 spiro atoms. The number of hydrogen-bond donors (Lipinski definition) is 0. The maximum absolute atomic E-state index is 4.55. The molecule has 0 saturated heterocycles. The van der Waals surface area contributed by atoms with Crippen LogP contribution in [0.1, 0.15) is 0 Å². The summed E-state index contributed by atoms with van der Waals surface area (Å²) in [6, 6.07) is 0. The second-order valence-corrected chi connectivity index (χ2v) is 2.00. The van der Waals surface area contributed by atoms with E-state index in [1.807, 2.05) is 4.81 Å². The molecule has 1 aliphatic heterocycles. The molecule has 0 aromatic heterocycles. The van der Waals surface area contributed by atoms with Crippen LogP contribution in [0.3, 0.4) is 0 Å². The van der Waals surface area contributed by atoms with Gasteiger partial charge in [0.25, 0.3) is 0 Å². The van der Waals surface area contributed by atoms with Gasteiger partial charge in [-0.25, -0.2) is 0 Å². The van der Waals surface area contributed by atoms with E-state index in [2.05, 4.69) is 8.98 Å². The van der Waals surface area contributed by atoms with Crippen molar-refractivity contribution >= 4 is 26.7 Å². The van der Waals surface area contributed by atoms with Crippen molar-refractivity contribution in [2.75, 3.05) is 0 Å². The molecular formula is C2H2AsNO. The van der Waals surface area contributed by atoms with Gasteiger partial charge in [0, 0.05) is 0 Å². The van der Waals surface area contributed by atoms with Gasteiger partial charge in [-0.15, -0.1) is 0 Å². The summed E-state index contributed by atoms with van der Waals surface area (Å²) < 4.78 is 4.55. The molecule has 0 fully saturated rings. The Balaban J connectivity index is 2.61. The number of oxime groups is 1. The standard InChI is InChI=1S/C2H2AsNO/c1-2-4-5-3-1/h1-2H. The van der Waals surface area contributed by atoms with Crippen LogP contribution in [0.4, 0.5) is 0 Å². The predicted octanol–water partition coefficient (Wildman–Crippen LogP) is -0.576. The fourth-order valence-corrected chi connectivity index (χ4v) is 0.707. The van der Waals surface area contributed by atoms with Gasteiger partial charge in [-0.05, 0) is 0 Å². The Morgan fingerprint density at radius 1 is 1.80 bits per heavy atom. The Morgan fingerprint density at radius 2 is 2.80 bits per heavy atom. The van der Waals surface area contributed by atoms with Crippen molar-refractivity contribution in [1.29, 1.82) is 0 Å². The van der Waals surface area contributed by atoms with Crippen molar-refractivity contribution in [2.24, 2.45) is 5.16 Å². The Kier molecular flexibility index (Phi) is 0.847. The molecule has 0 unspecified atom stereocenters. The van der Waals surface area contributed by atoms with Crippen LogP contribution in [-0.2, 0) is 3.83 Å². The second-order valence-electron chi connectivity index (χ2n) is 0.591. The molecule has 0 amide bonds. The average Bonchev–Trinajstić information content (AvgIpc) is 1.76. The van der Waals surface area contributed by atoms with Crippen molar-refractivity contribution in [3.8, 4) is 0 Å². The fraction of sp³-hybridized carbons (Fsp3) is 0. The van der Waals surface area contributed by atoms with Gasteiger partial charge in [-0.2, -0.15) is 0 Å². The first kappa shape index (κ1) is 3.10. The molecule has 1 aliphatic rings. The Morgan fingerprint density at radius 3 is 3.00 bits per heavy atom. The minimum atomic E-state index is 0.00694. The molecule has 0 saturated carbocycles. The van der Waals surface area contributed by atoms with Crippen LogP contribution in [0.5, 0.6) is 0 Å². The van der Waals surface area contributed by atoms with Crippen molar-refractivity contribution < 1.29 is 3.83 Å². The summed E-state index contributed by atoms with van der Waals surface area (Å²) >= 11 is 0.00694. The summed E-state index contributed by atoms with van der Waals surface area (Å²) in [5, 5.41) is 3.44. The van der Waals surface area contributed by atoms with Crippen molar-refractivity contribution in [2.45, 2.75) is 0 Å². The fourth-order valence-electron chi connectivity index (χ4n) is 0.136. The number of nitrogens with zero attached hydrogens (tertiary/aromatic N) is 1. The van der Waals surface area contributed by atoms with Crippen molar-refractivity contribution in [3.05, 3.63) is 0 Å². The molecule has 0 atom stereocenters. The third kappa shape index (κ3) is 0.586. The summed E-state index contributed by atoms with van der Waals surface area (Å²) in [6.07, 6.45) is 1.68. The molecule has 0 bridgehead atoms. The molecule has 1 rings (SSSR count). The minimum absolute atomic E-state index is 0.00694. The van der Waals surface area contributed by atoms with Crippen molar-refractivity contribution in [3.63, 3.8) is 0 Å². The third-order valence-corrected chi connectivity index (χ3v) is 1.21. The topological polar surface area (TPSA) is 21.6 Å². The van der Waals surface area contributed by atoms with Crippen LogP contribution >= 0.6 is 0 Å². The predicted molar refractivity (Wildman–Crippen MR) is 21.4 cm³/mol. The SMILES string of the molecule is C1=NO[As]=C1. The van der Waals surface area contributed by atoms with E-state index in [9.17, 15) is 0 Å². The van der Waals surface area contributed by atoms with Crippen LogP contribution in [0, 0.1) is 0 Å². The van der Waals surface area contributed by atoms with E-state index in [0.29, 0.717) is 0 Å². The first-order valence-corrected chi connectivity index (χ1v) is 3.06. The van der Waals surface area contributed by atoms with Gasteiger partial charge < -0.3 is 0 Å². The molecule has 0 aromatic carbocycles. The van der Waals surface area contributed by atoms with E-state index in [1.54, 1.807) is 6.21 Å². The zero-order chi connectivity index (χ0) is 3.54. The zero-order valence-corrected chi connectivity index (χ0v) is 4.33. The van der Waals surface area contributed by atoms with Gasteiger partial charge in [0.05, 0.1) is 0 Å². The molecular weight excluding hydrogens is 129 g/mol. The average molecular weight is 131 g/mol. The first-order chi connectivity index (χ1) is 2.50. The van der Waals surface area contributed by atoms with Gasteiger partial charge in [0.1, 0.15) is 0 Å². The molecule has 5 heavy (non-hydrogen) atoms. The van der Waals surface area contributed by atoms with E-state index in [4.69, 9.17) is 0 Å². The van der Waals surface area contributed by atoms with E-state index in [0.717, 1.165) is 0 Å². The van der Waals surface area contributed by atoms with E-state index in [-0.39, 0.29) is 15.7 Å². The molecule has 0 aromatic rings. The van der Waals surface area contributed by atoms with Crippen LogP contribution in [0.25, 0.3) is 0 Å². The third-order valence-electron chi connectivity index (χ3n) is 0.283. The normalized spacial score (nSPS) is 19.2.